The van der Waals surface area contributed by atoms with Crippen molar-refractivity contribution in [3.8, 4) is 0 Å². The van der Waals surface area contributed by atoms with E-state index in [4.69, 9.17) is 8.83 Å². The SMILES string of the molecule is CC(C)(C)c1cc2ccccc2cc1N(c1ccccc1)c1ccc2c(c1)oc1cc3cc4c(cc3cc12)oc1cc(N(c2ccccc2)c2cc3ccccc3cc2C(C)(C)C)ccc14. The lowest BCUT2D eigenvalue weighted by Crippen LogP contribution is -2.19. The van der Waals surface area contributed by atoms with Crippen molar-refractivity contribution in [3.05, 3.63) is 205 Å². The third-order valence-corrected chi connectivity index (χ3v) is 13.4. The quantitative estimate of drug-likeness (QED) is 0.167. The second-order valence-electron chi connectivity index (χ2n) is 19.9. The summed E-state index contributed by atoms with van der Waals surface area (Å²) in [7, 11) is 0. The predicted molar refractivity (Wildman–Crippen MR) is 280 cm³/mol. The van der Waals surface area contributed by atoms with Crippen molar-refractivity contribution in [3.63, 3.8) is 0 Å². The van der Waals surface area contributed by atoms with E-state index in [9.17, 15) is 0 Å². The third kappa shape index (κ3) is 6.67. The summed E-state index contributed by atoms with van der Waals surface area (Å²) in [5.74, 6) is 0. The lowest BCUT2D eigenvalue weighted by atomic mass is 9.83. The van der Waals surface area contributed by atoms with Crippen LogP contribution >= 0.6 is 0 Å². The van der Waals surface area contributed by atoms with E-state index in [-0.39, 0.29) is 10.8 Å². The molecule has 320 valence electrons. The number of furan rings is 2. The maximum absolute atomic E-state index is 6.80. The van der Waals surface area contributed by atoms with Gasteiger partial charge < -0.3 is 18.6 Å². The minimum absolute atomic E-state index is 0.0979. The highest BCUT2D eigenvalue weighted by atomic mass is 16.3. The van der Waals surface area contributed by atoms with E-state index in [1.165, 1.54) is 32.7 Å². The van der Waals surface area contributed by atoms with Crippen molar-refractivity contribution in [2.45, 2.75) is 52.4 Å². The van der Waals surface area contributed by atoms with Crippen molar-refractivity contribution in [1.29, 1.82) is 0 Å². The Bertz CT molecular complexity index is 3590. The highest BCUT2D eigenvalue weighted by Gasteiger charge is 2.27. The highest BCUT2D eigenvalue weighted by molar-refractivity contribution is 6.16. The Balaban J connectivity index is 0.975. The fourth-order valence-corrected chi connectivity index (χ4v) is 10.1. The molecule has 0 aliphatic carbocycles. The van der Waals surface area contributed by atoms with Crippen LogP contribution in [0.5, 0.6) is 0 Å². The maximum atomic E-state index is 6.80. The Kier molecular flexibility index (Phi) is 8.95. The molecule has 4 nitrogen and oxygen atoms in total. The van der Waals surface area contributed by atoms with E-state index in [0.29, 0.717) is 0 Å². The van der Waals surface area contributed by atoms with E-state index in [1.807, 2.05) is 0 Å². The molecule has 0 spiro atoms. The third-order valence-electron chi connectivity index (χ3n) is 13.4. The largest absolute Gasteiger partial charge is 0.456 e. The minimum Gasteiger partial charge on any atom is -0.456 e. The molecule has 2 aromatic heterocycles. The van der Waals surface area contributed by atoms with Gasteiger partial charge in [-0.2, -0.15) is 0 Å². The molecular formula is C62H50N2O2. The van der Waals surface area contributed by atoms with Gasteiger partial charge in [0.05, 0.1) is 11.4 Å². The number of para-hydroxylation sites is 2. The van der Waals surface area contributed by atoms with Gasteiger partial charge in [-0.05, 0) is 151 Å². The molecule has 2 heterocycles. The Labute approximate surface area is 384 Å². The minimum atomic E-state index is -0.0979. The van der Waals surface area contributed by atoms with Crippen molar-refractivity contribution in [2.75, 3.05) is 9.80 Å². The molecule has 0 fully saturated rings. The first-order valence-corrected chi connectivity index (χ1v) is 23.0. The van der Waals surface area contributed by atoms with Crippen LogP contribution in [-0.2, 0) is 10.8 Å². The lowest BCUT2D eigenvalue weighted by Gasteiger charge is -2.32. The average Bonchev–Trinajstić information content (AvgIpc) is 3.85. The summed E-state index contributed by atoms with van der Waals surface area (Å²) in [6.07, 6.45) is 0. The van der Waals surface area contributed by atoms with Crippen LogP contribution in [0.3, 0.4) is 0 Å². The summed E-state index contributed by atoms with van der Waals surface area (Å²) >= 11 is 0. The second kappa shape index (κ2) is 14.9. The number of benzene rings is 10. The number of hydrogen-bond acceptors (Lipinski definition) is 4. The Morgan fingerprint density at radius 1 is 0.288 bits per heavy atom. The number of hydrogen-bond donors (Lipinski definition) is 0. The van der Waals surface area contributed by atoms with Gasteiger partial charge >= 0.3 is 0 Å². The molecule has 4 heteroatoms. The molecule has 0 aliphatic rings. The van der Waals surface area contributed by atoms with Crippen LogP contribution in [0, 0.1) is 0 Å². The zero-order valence-electron chi connectivity index (χ0n) is 38.2. The lowest BCUT2D eigenvalue weighted by molar-refractivity contribution is 0.591. The highest BCUT2D eigenvalue weighted by Crippen LogP contribution is 2.47. The molecular weight excluding hydrogens is 805 g/mol. The van der Waals surface area contributed by atoms with Gasteiger partial charge in [-0.3, -0.25) is 0 Å². The fraction of sp³-hybridized carbons (Fsp3) is 0.129. The molecule has 0 amide bonds. The summed E-state index contributed by atoms with van der Waals surface area (Å²) in [5, 5.41) is 11.4. The maximum Gasteiger partial charge on any atom is 0.137 e. The number of rotatable bonds is 6. The molecule has 0 radical (unpaired) electrons. The van der Waals surface area contributed by atoms with Crippen molar-refractivity contribution >= 4 is 110 Å². The summed E-state index contributed by atoms with van der Waals surface area (Å²) in [6, 6.07) is 70.2. The molecule has 12 rings (SSSR count). The molecule has 0 aliphatic heterocycles. The van der Waals surface area contributed by atoms with Crippen molar-refractivity contribution in [2.24, 2.45) is 0 Å². The van der Waals surface area contributed by atoms with Gasteiger partial charge in [0.25, 0.3) is 0 Å². The van der Waals surface area contributed by atoms with Gasteiger partial charge in [-0.15, -0.1) is 0 Å². The van der Waals surface area contributed by atoms with Gasteiger partial charge in [-0.1, -0.05) is 126 Å². The van der Waals surface area contributed by atoms with Gasteiger partial charge in [0, 0.05) is 56.4 Å². The summed E-state index contributed by atoms with van der Waals surface area (Å²) in [6.45, 7) is 13.8. The molecule has 0 unspecified atom stereocenters. The first kappa shape index (κ1) is 39.7. The summed E-state index contributed by atoms with van der Waals surface area (Å²) < 4.78 is 13.6. The Morgan fingerprint density at radius 3 is 1.02 bits per heavy atom. The van der Waals surface area contributed by atoms with Gasteiger partial charge in [0.1, 0.15) is 22.3 Å². The van der Waals surface area contributed by atoms with E-state index >= 15 is 0 Å². The molecule has 0 bridgehead atoms. The smallest absolute Gasteiger partial charge is 0.137 e. The standard InChI is InChI=1S/C62H50N2O2/c1-61(2,3)53-31-39-17-13-15-19-41(39)33-55(53)63(45-21-9-7-10-22-45)47-25-27-49-51-29-43-36-58-52(30-44(43)35-57(51)65-59(49)37-47)50-28-26-48(38-60(50)66-58)64(46-23-11-8-12-24-46)56-34-42-20-16-14-18-40(42)32-54(56)62(4,5)6/h7-38H,1-6H3. The fourth-order valence-electron chi connectivity index (χ4n) is 10.1. The van der Waals surface area contributed by atoms with Crippen LogP contribution in [0.1, 0.15) is 52.7 Å². The topological polar surface area (TPSA) is 32.8 Å². The molecule has 66 heavy (non-hydrogen) atoms. The molecule has 0 N–H and O–H groups in total. The predicted octanol–water partition coefficient (Wildman–Crippen LogP) is 18.5. The van der Waals surface area contributed by atoms with E-state index in [0.717, 1.165) is 88.8 Å². The molecule has 10 aromatic carbocycles. The van der Waals surface area contributed by atoms with Crippen molar-refractivity contribution < 1.29 is 8.83 Å². The first-order chi connectivity index (χ1) is 31.9. The van der Waals surface area contributed by atoms with E-state index < -0.39 is 0 Å². The molecule has 0 atom stereocenters. The Morgan fingerprint density at radius 2 is 0.636 bits per heavy atom. The zero-order chi connectivity index (χ0) is 44.9. The summed E-state index contributed by atoms with van der Waals surface area (Å²) in [5.41, 5.74) is 12.4. The monoisotopic (exact) mass is 854 g/mol. The van der Waals surface area contributed by atoms with Crippen LogP contribution in [0.25, 0.3) is 76.2 Å². The average molecular weight is 855 g/mol. The summed E-state index contributed by atoms with van der Waals surface area (Å²) in [4.78, 5) is 4.76. The van der Waals surface area contributed by atoms with Gasteiger partial charge in [-0.25, -0.2) is 0 Å². The second-order valence-corrected chi connectivity index (χ2v) is 19.9. The Hall–Kier alpha value is -7.82. The van der Waals surface area contributed by atoms with Crippen LogP contribution in [0.15, 0.2) is 203 Å². The first-order valence-electron chi connectivity index (χ1n) is 23.0. The molecule has 12 aromatic rings. The normalized spacial score (nSPS) is 12.4. The number of anilines is 6. The van der Waals surface area contributed by atoms with Gasteiger partial charge in [0.2, 0.25) is 0 Å². The van der Waals surface area contributed by atoms with Gasteiger partial charge in [0.15, 0.2) is 0 Å². The molecule has 0 saturated carbocycles. The van der Waals surface area contributed by atoms with E-state index in [2.05, 4.69) is 245 Å². The number of fused-ring (bicyclic) bond motifs is 9. The van der Waals surface area contributed by atoms with Crippen molar-refractivity contribution in [1.82, 2.24) is 0 Å². The molecule has 0 saturated heterocycles. The van der Waals surface area contributed by atoms with Crippen LogP contribution in [0.4, 0.5) is 34.1 Å². The zero-order valence-corrected chi connectivity index (χ0v) is 38.2. The van der Waals surface area contributed by atoms with Crippen LogP contribution < -0.4 is 9.80 Å². The van der Waals surface area contributed by atoms with Crippen LogP contribution in [-0.4, -0.2) is 0 Å². The number of nitrogens with zero attached hydrogens (tertiary/aromatic N) is 2. The van der Waals surface area contributed by atoms with E-state index in [1.54, 1.807) is 0 Å². The van der Waals surface area contributed by atoms with Crippen LogP contribution in [0.2, 0.25) is 0 Å².